The molecule has 0 saturated carbocycles. The molecule has 8 heteroatoms. The molecule has 0 bridgehead atoms. The van der Waals surface area contributed by atoms with E-state index in [2.05, 4.69) is 4.99 Å². The van der Waals surface area contributed by atoms with Crippen molar-refractivity contribution in [2.24, 2.45) is 4.99 Å². The average molecular weight is 397 g/mol. The molecule has 0 fully saturated rings. The molecule has 0 radical (unpaired) electrons. The smallest absolute Gasteiger partial charge is 0.363 e. The lowest BCUT2D eigenvalue weighted by Crippen LogP contribution is -2.08. The van der Waals surface area contributed by atoms with E-state index in [1.54, 1.807) is 37.3 Å². The van der Waals surface area contributed by atoms with Crippen molar-refractivity contribution in [1.29, 1.82) is 0 Å². The Kier molecular flexibility index (Phi) is 4.44. The number of halogens is 1. The van der Waals surface area contributed by atoms with Crippen LogP contribution in [0.25, 0.3) is 6.08 Å². The summed E-state index contributed by atoms with van der Waals surface area (Å²) >= 11 is 6.01. The fraction of sp³-hybridized carbons (Fsp3) is 0.100. The number of esters is 1. The van der Waals surface area contributed by atoms with Gasteiger partial charge < -0.3 is 9.47 Å². The van der Waals surface area contributed by atoms with E-state index in [0.717, 1.165) is 11.1 Å². The SMILES string of the molecule is Cc1cc(C2=NC(=CC3=Cc4cc(Cl)ccc4OC3)C(=O)O2)ccc1[N+](=O)[O-]. The lowest BCUT2D eigenvalue weighted by Gasteiger charge is -2.16. The lowest BCUT2D eigenvalue weighted by molar-refractivity contribution is -0.385. The molecule has 0 atom stereocenters. The highest BCUT2D eigenvalue weighted by Gasteiger charge is 2.26. The van der Waals surface area contributed by atoms with E-state index in [1.807, 2.05) is 6.08 Å². The van der Waals surface area contributed by atoms with Crippen LogP contribution < -0.4 is 4.74 Å². The van der Waals surface area contributed by atoms with Gasteiger partial charge in [-0.05, 0) is 55.0 Å². The summed E-state index contributed by atoms with van der Waals surface area (Å²) in [6.45, 7) is 1.90. The maximum Gasteiger partial charge on any atom is 0.363 e. The van der Waals surface area contributed by atoms with Crippen molar-refractivity contribution in [1.82, 2.24) is 0 Å². The van der Waals surface area contributed by atoms with Gasteiger partial charge in [-0.25, -0.2) is 9.79 Å². The Labute approximate surface area is 164 Å². The van der Waals surface area contributed by atoms with Crippen molar-refractivity contribution in [2.45, 2.75) is 6.92 Å². The van der Waals surface area contributed by atoms with Crippen molar-refractivity contribution in [3.63, 3.8) is 0 Å². The molecule has 0 spiro atoms. The first-order valence-corrected chi connectivity index (χ1v) is 8.69. The van der Waals surface area contributed by atoms with Gasteiger partial charge in [-0.3, -0.25) is 10.1 Å². The predicted molar refractivity (Wildman–Crippen MR) is 103 cm³/mol. The molecule has 4 rings (SSSR count). The van der Waals surface area contributed by atoms with Gasteiger partial charge in [0.2, 0.25) is 5.90 Å². The number of carbonyl (C=O) groups excluding carboxylic acids is 1. The number of aryl methyl sites for hydroxylation is 1. The monoisotopic (exact) mass is 396 g/mol. The number of benzene rings is 2. The minimum Gasteiger partial charge on any atom is -0.488 e. The van der Waals surface area contributed by atoms with Crippen LogP contribution in [-0.4, -0.2) is 23.4 Å². The van der Waals surface area contributed by atoms with Crippen molar-refractivity contribution in [3.05, 3.63) is 85.6 Å². The minimum atomic E-state index is -0.594. The molecule has 2 aromatic carbocycles. The largest absolute Gasteiger partial charge is 0.488 e. The summed E-state index contributed by atoms with van der Waals surface area (Å²) in [5, 5.41) is 11.5. The Morgan fingerprint density at radius 3 is 2.82 bits per heavy atom. The number of aliphatic imine (C=N–C) groups is 1. The Morgan fingerprint density at radius 1 is 1.25 bits per heavy atom. The maximum atomic E-state index is 12.2. The van der Waals surface area contributed by atoms with Crippen molar-refractivity contribution in [3.8, 4) is 5.75 Å². The number of carbonyl (C=O) groups is 1. The summed E-state index contributed by atoms with van der Waals surface area (Å²) in [6, 6.07) is 9.73. The highest BCUT2D eigenvalue weighted by molar-refractivity contribution is 6.30. The molecule has 2 aliphatic heterocycles. The highest BCUT2D eigenvalue weighted by atomic mass is 35.5. The van der Waals surface area contributed by atoms with E-state index in [9.17, 15) is 14.9 Å². The Hall–Kier alpha value is -3.45. The van der Waals surface area contributed by atoms with Gasteiger partial charge in [0, 0.05) is 27.8 Å². The number of nitro groups is 1. The standard InChI is InChI=1S/C20H13ClN2O5/c1-11-6-13(2-4-17(11)23(25)26)19-22-16(20(24)28-19)8-12-7-14-9-15(21)3-5-18(14)27-10-12/h2-9H,10H2,1H3. The summed E-state index contributed by atoms with van der Waals surface area (Å²) in [5.41, 5.74) is 2.62. The van der Waals surface area contributed by atoms with Crippen LogP contribution in [-0.2, 0) is 9.53 Å². The van der Waals surface area contributed by atoms with Gasteiger partial charge in [0.15, 0.2) is 5.70 Å². The molecule has 0 aliphatic carbocycles. The number of nitro benzene ring substituents is 1. The minimum absolute atomic E-state index is 0.00808. The summed E-state index contributed by atoms with van der Waals surface area (Å²) in [4.78, 5) is 26.9. The van der Waals surface area contributed by atoms with Crippen LogP contribution in [0.3, 0.4) is 0 Å². The Morgan fingerprint density at radius 2 is 2.07 bits per heavy atom. The number of hydrogen-bond donors (Lipinski definition) is 0. The summed E-state index contributed by atoms with van der Waals surface area (Å²) < 4.78 is 10.9. The zero-order valence-corrected chi connectivity index (χ0v) is 15.4. The van der Waals surface area contributed by atoms with Crippen molar-refractivity contribution < 1.29 is 19.2 Å². The van der Waals surface area contributed by atoms with Gasteiger partial charge in [0.25, 0.3) is 5.69 Å². The normalized spacial score (nSPS) is 16.8. The molecule has 28 heavy (non-hydrogen) atoms. The van der Waals surface area contributed by atoms with Crippen LogP contribution in [0.15, 0.2) is 58.7 Å². The van der Waals surface area contributed by atoms with Gasteiger partial charge in [-0.15, -0.1) is 0 Å². The van der Waals surface area contributed by atoms with Gasteiger partial charge in [-0.1, -0.05) is 11.6 Å². The predicted octanol–water partition coefficient (Wildman–Crippen LogP) is 4.22. The zero-order valence-electron chi connectivity index (χ0n) is 14.6. The number of ether oxygens (including phenoxy) is 2. The van der Waals surface area contributed by atoms with E-state index in [1.165, 1.54) is 12.1 Å². The molecule has 2 heterocycles. The van der Waals surface area contributed by atoms with E-state index in [-0.39, 0.29) is 23.9 Å². The number of cyclic esters (lactones) is 1. The molecule has 0 N–H and O–H groups in total. The quantitative estimate of drug-likeness (QED) is 0.335. The number of rotatable bonds is 3. The molecule has 0 amide bonds. The molecule has 0 aromatic heterocycles. The van der Waals surface area contributed by atoms with Gasteiger partial charge >= 0.3 is 5.97 Å². The van der Waals surface area contributed by atoms with Gasteiger partial charge in [0.1, 0.15) is 12.4 Å². The molecule has 0 unspecified atom stereocenters. The zero-order chi connectivity index (χ0) is 19.8. The van der Waals surface area contributed by atoms with Crippen molar-refractivity contribution >= 4 is 35.2 Å². The molecule has 2 aliphatic rings. The molecular formula is C20H13ClN2O5. The molecule has 140 valence electrons. The Balaban J connectivity index is 1.64. The third kappa shape index (κ3) is 3.39. The molecule has 7 nitrogen and oxygen atoms in total. The van der Waals surface area contributed by atoms with Crippen molar-refractivity contribution in [2.75, 3.05) is 6.61 Å². The number of fused-ring (bicyclic) bond motifs is 1. The lowest BCUT2D eigenvalue weighted by atomic mass is 10.1. The first-order valence-electron chi connectivity index (χ1n) is 8.31. The van der Waals surface area contributed by atoms with Crippen LogP contribution in [0.1, 0.15) is 16.7 Å². The van der Waals surface area contributed by atoms with Crippen LogP contribution in [0.2, 0.25) is 5.02 Å². The van der Waals surface area contributed by atoms with Gasteiger partial charge in [0.05, 0.1) is 4.92 Å². The molecule has 0 saturated heterocycles. The number of hydrogen-bond acceptors (Lipinski definition) is 6. The molecular weight excluding hydrogens is 384 g/mol. The summed E-state index contributed by atoms with van der Waals surface area (Å²) in [6.07, 6.45) is 3.46. The second kappa shape index (κ2) is 6.94. The van der Waals surface area contributed by atoms with Crippen LogP contribution in [0.4, 0.5) is 5.69 Å². The van der Waals surface area contributed by atoms with E-state index in [4.69, 9.17) is 21.1 Å². The fourth-order valence-corrected chi connectivity index (χ4v) is 3.13. The topological polar surface area (TPSA) is 91.0 Å². The van der Waals surface area contributed by atoms with E-state index >= 15 is 0 Å². The van der Waals surface area contributed by atoms with E-state index < -0.39 is 10.9 Å². The molecule has 2 aromatic rings. The second-order valence-corrected chi connectivity index (χ2v) is 6.72. The number of nitrogens with zero attached hydrogens (tertiary/aromatic N) is 2. The highest BCUT2D eigenvalue weighted by Crippen LogP contribution is 2.30. The third-order valence-corrected chi connectivity index (χ3v) is 4.53. The second-order valence-electron chi connectivity index (χ2n) is 6.28. The van der Waals surface area contributed by atoms with Crippen LogP contribution in [0.5, 0.6) is 5.75 Å². The third-order valence-electron chi connectivity index (χ3n) is 4.29. The fourth-order valence-electron chi connectivity index (χ4n) is 2.95. The van der Waals surface area contributed by atoms with E-state index in [0.29, 0.717) is 21.9 Å². The summed E-state index contributed by atoms with van der Waals surface area (Å²) in [5.74, 6) is 0.227. The van der Waals surface area contributed by atoms with Gasteiger partial charge in [-0.2, -0.15) is 0 Å². The maximum absolute atomic E-state index is 12.2. The summed E-state index contributed by atoms with van der Waals surface area (Å²) in [7, 11) is 0. The average Bonchev–Trinajstić information content (AvgIpc) is 3.01. The first-order chi connectivity index (χ1) is 13.4. The van der Waals surface area contributed by atoms with Crippen LogP contribution in [0, 0.1) is 17.0 Å². The first kappa shape index (κ1) is 17.9. The Bertz CT molecular complexity index is 1120. The van der Waals surface area contributed by atoms with Crippen LogP contribution >= 0.6 is 11.6 Å².